The van der Waals surface area contributed by atoms with E-state index in [2.05, 4.69) is 18.7 Å². The predicted molar refractivity (Wildman–Crippen MR) is 60.1 cm³/mol. The van der Waals surface area contributed by atoms with Crippen molar-refractivity contribution >= 4 is 0 Å². The number of aliphatic hydroxyl groups is 1. The van der Waals surface area contributed by atoms with Crippen LogP contribution in [0.15, 0.2) is 43.0 Å². The van der Waals surface area contributed by atoms with E-state index in [0.29, 0.717) is 0 Å². The molecule has 1 aromatic carbocycles. The fraction of sp³-hybridized carbons (Fsp3) is 0.385. The summed E-state index contributed by atoms with van der Waals surface area (Å²) in [5.74, 6) is 0. The summed E-state index contributed by atoms with van der Waals surface area (Å²) in [6.07, 6.45) is 2.29. The highest BCUT2D eigenvalue weighted by Crippen LogP contribution is 2.27. The van der Waals surface area contributed by atoms with Crippen LogP contribution >= 0.6 is 0 Å². The predicted octanol–water partition coefficient (Wildman–Crippen LogP) is 2.80. The molecule has 0 saturated carbocycles. The SMILES string of the molecule is C=CC(C)(Cc1ccccc1)C(C)O. The monoisotopic (exact) mass is 190 g/mol. The van der Waals surface area contributed by atoms with E-state index in [1.54, 1.807) is 0 Å². The van der Waals surface area contributed by atoms with Crippen LogP contribution in [0.4, 0.5) is 0 Å². The molecule has 2 unspecified atom stereocenters. The average molecular weight is 190 g/mol. The second-order valence-corrected chi connectivity index (χ2v) is 4.05. The first-order valence-electron chi connectivity index (χ1n) is 4.94. The van der Waals surface area contributed by atoms with Gasteiger partial charge in [0, 0.05) is 5.41 Å². The molecule has 0 aromatic heterocycles. The van der Waals surface area contributed by atoms with Gasteiger partial charge in [0.25, 0.3) is 0 Å². The number of aliphatic hydroxyl groups excluding tert-OH is 1. The van der Waals surface area contributed by atoms with Gasteiger partial charge in [-0.15, -0.1) is 6.58 Å². The van der Waals surface area contributed by atoms with Crippen LogP contribution in [-0.4, -0.2) is 11.2 Å². The first-order valence-corrected chi connectivity index (χ1v) is 4.94. The molecule has 0 fully saturated rings. The Morgan fingerprint density at radius 3 is 2.43 bits per heavy atom. The minimum Gasteiger partial charge on any atom is -0.393 e. The third-order valence-electron chi connectivity index (χ3n) is 2.85. The van der Waals surface area contributed by atoms with Crippen molar-refractivity contribution in [2.75, 3.05) is 0 Å². The zero-order valence-corrected chi connectivity index (χ0v) is 8.90. The van der Waals surface area contributed by atoms with E-state index in [1.807, 2.05) is 38.1 Å². The third-order valence-corrected chi connectivity index (χ3v) is 2.85. The Morgan fingerprint density at radius 2 is 2.00 bits per heavy atom. The Morgan fingerprint density at radius 1 is 1.43 bits per heavy atom. The molecule has 1 nitrogen and oxygen atoms in total. The molecule has 0 aliphatic carbocycles. The molecule has 14 heavy (non-hydrogen) atoms. The van der Waals surface area contributed by atoms with E-state index in [1.165, 1.54) is 5.56 Å². The van der Waals surface area contributed by atoms with Crippen LogP contribution in [0.2, 0.25) is 0 Å². The molecule has 1 heteroatoms. The Kier molecular flexibility index (Phi) is 3.48. The molecule has 0 saturated heterocycles. The van der Waals surface area contributed by atoms with Crippen molar-refractivity contribution in [3.05, 3.63) is 48.6 Å². The summed E-state index contributed by atoms with van der Waals surface area (Å²) in [5, 5.41) is 9.66. The van der Waals surface area contributed by atoms with E-state index in [9.17, 15) is 5.11 Å². The highest BCUT2D eigenvalue weighted by atomic mass is 16.3. The Bertz CT molecular complexity index is 289. The Hall–Kier alpha value is -1.08. The Balaban J connectivity index is 2.81. The molecular formula is C13H18O. The molecule has 76 valence electrons. The van der Waals surface area contributed by atoms with Crippen LogP contribution in [0.1, 0.15) is 19.4 Å². The smallest absolute Gasteiger partial charge is 0.0603 e. The highest BCUT2D eigenvalue weighted by molar-refractivity contribution is 5.18. The van der Waals surface area contributed by atoms with Gasteiger partial charge in [-0.2, -0.15) is 0 Å². The number of hydrogen-bond donors (Lipinski definition) is 1. The summed E-state index contributed by atoms with van der Waals surface area (Å²) in [4.78, 5) is 0. The normalized spacial score (nSPS) is 17.1. The van der Waals surface area contributed by atoms with Crippen molar-refractivity contribution in [3.8, 4) is 0 Å². The van der Waals surface area contributed by atoms with Gasteiger partial charge >= 0.3 is 0 Å². The number of benzene rings is 1. The molecule has 1 aromatic rings. The van der Waals surface area contributed by atoms with Gasteiger partial charge in [0.05, 0.1) is 6.10 Å². The lowest BCUT2D eigenvalue weighted by Gasteiger charge is -2.29. The van der Waals surface area contributed by atoms with Gasteiger partial charge in [0.2, 0.25) is 0 Å². The Labute approximate surface area is 86.1 Å². The summed E-state index contributed by atoms with van der Waals surface area (Å²) in [6.45, 7) is 7.63. The second kappa shape index (κ2) is 4.43. The van der Waals surface area contributed by atoms with E-state index in [4.69, 9.17) is 0 Å². The first-order chi connectivity index (χ1) is 6.58. The van der Waals surface area contributed by atoms with Crippen molar-refractivity contribution in [2.45, 2.75) is 26.4 Å². The van der Waals surface area contributed by atoms with Crippen molar-refractivity contribution < 1.29 is 5.11 Å². The zero-order valence-electron chi connectivity index (χ0n) is 8.90. The average Bonchev–Trinajstić information content (AvgIpc) is 2.19. The minimum absolute atomic E-state index is 0.235. The number of hydrogen-bond acceptors (Lipinski definition) is 1. The summed E-state index contributed by atoms with van der Waals surface area (Å²) in [7, 11) is 0. The molecule has 0 aliphatic heterocycles. The van der Waals surface area contributed by atoms with Gasteiger partial charge in [0.15, 0.2) is 0 Å². The van der Waals surface area contributed by atoms with E-state index < -0.39 is 0 Å². The minimum atomic E-state index is -0.375. The fourth-order valence-corrected chi connectivity index (χ4v) is 1.43. The van der Waals surface area contributed by atoms with Crippen LogP contribution in [0.5, 0.6) is 0 Å². The first kappa shape index (κ1) is 11.0. The summed E-state index contributed by atoms with van der Waals surface area (Å²) < 4.78 is 0. The van der Waals surface area contributed by atoms with Gasteiger partial charge in [-0.1, -0.05) is 43.3 Å². The van der Waals surface area contributed by atoms with Gasteiger partial charge in [-0.25, -0.2) is 0 Å². The summed E-state index contributed by atoms with van der Waals surface area (Å²) in [5.41, 5.74) is 0.997. The van der Waals surface area contributed by atoms with Crippen LogP contribution in [0.25, 0.3) is 0 Å². The molecule has 0 bridgehead atoms. The lowest BCUT2D eigenvalue weighted by molar-refractivity contribution is 0.0874. The third kappa shape index (κ3) is 2.46. The van der Waals surface area contributed by atoms with Crippen LogP contribution in [0, 0.1) is 5.41 Å². The lowest BCUT2D eigenvalue weighted by Crippen LogP contribution is -2.29. The highest BCUT2D eigenvalue weighted by Gasteiger charge is 2.26. The molecular weight excluding hydrogens is 172 g/mol. The largest absolute Gasteiger partial charge is 0.393 e. The van der Waals surface area contributed by atoms with Gasteiger partial charge in [-0.3, -0.25) is 0 Å². The van der Waals surface area contributed by atoms with Crippen molar-refractivity contribution in [1.82, 2.24) is 0 Å². The van der Waals surface area contributed by atoms with Crippen molar-refractivity contribution in [2.24, 2.45) is 5.41 Å². The topological polar surface area (TPSA) is 20.2 Å². The van der Waals surface area contributed by atoms with E-state index in [0.717, 1.165) is 6.42 Å². The molecule has 0 amide bonds. The zero-order chi connectivity index (χ0) is 10.6. The quantitative estimate of drug-likeness (QED) is 0.724. The molecule has 0 heterocycles. The molecule has 2 atom stereocenters. The van der Waals surface area contributed by atoms with Crippen molar-refractivity contribution in [3.63, 3.8) is 0 Å². The van der Waals surface area contributed by atoms with Gasteiger partial charge in [-0.05, 0) is 18.9 Å². The maximum Gasteiger partial charge on any atom is 0.0603 e. The van der Waals surface area contributed by atoms with Crippen LogP contribution in [0.3, 0.4) is 0 Å². The van der Waals surface area contributed by atoms with Gasteiger partial charge < -0.3 is 5.11 Å². The molecule has 1 rings (SSSR count). The maximum atomic E-state index is 9.66. The second-order valence-electron chi connectivity index (χ2n) is 4.05. The van der Waals surface area contributed by atoms with Crippen LogP contribution < -0.4 is 0 Å². The van der Waals surface area contributed by atoms with Crippen molar-refractivity contribution in [1.29, 1.82) is 0 Å². The molecule has 1 N–H and O–H groups in total. The summed E-state index contributed by atoms with van der Waals surface area (Å²) >= 11 is 0. The van der Waals surface area contributed by atoms with Gasteiger partial charge in [0.1, 0.15) is 0 Å². The lowest BCUT2D eigenvalue weighted by atomic mass is 9.79. The molecule has 0 spiro atoms. The van der Waals surface area contributed by atoms with E-state index >= 15 is 0 Å². The molecule has 0 radical (unpaired) electrons. The number of rotatable bonds is 4. The standard InChI is InChI=1S/C13H18O/c1-4-13(3,11(2)14)10-12-8-6-5-7-9-12/h4-9,11,14H,1,10H2,2-3H3. The van der Waals surface area contributed by atoms with Crippen LogP contribution in [-0.2, 0) is 6.42 Å². The summed E-state index contributed by atoms with van der Waals surface area (Å²) in [6, 6.07) is 10.2. The fourth-order valence-electron chi connectivity index (χ4n) is 1.43. The van der Waals surface area contributed by atoms with E-state index in [-0.39, 0.29) is 11.5 Å². The molecule has 0 aliphatic rings. The maximum absolute atomic E-state index is 9.66.